The molecule has 0 amide bonds. The first kappa shape index (κ1) is 11.5. The van der Waals surface area contributed by atoms with E-state index in [2.05, 4.69) is 21.2 Å². The molecule has 0 unspecified atom stereocenters. The Hall–Kier alpha value is -1.03. The van der Waals surface area contributed by atoms with Gasteiger partial charge in [0.05, 0.1) is 5.56 Å². The highest BCUT2D eigenvalue weighted by Gasteiger charge is 2.18. The molecule has 1 aliphatic carbocycles. The molecule has 1 aromatic rings. The average Bonchev–Trinajstić information content (AvgIpc) is 2.14. The Bertz CT molecular complexity index is 402. The Morgan fingerprint density at radius 2 is 2.25 bits per heavy atom. The molecule has 86 valence electrons. The molecule has 0 aliphatic heterocycles. The highest BCUT2D eigenvalue weighted by molar-refractivity contribution is 9.10. The lowest BCUT2D eigenvalue weighted by molar-refractivity contribution is 0.0698. The second-order valence-electron chi connectivity index (χ2n) is 4.17. The van der Waals surface area contributed by atoms with Gasteiger partial charge in [-0.25, -0.2) is 4.79 Å². The molecule has 0 bridgehead atoms. The van der Waals surface area contributed by atoms with Crippen LogP contribution in [0, 0.1) is 5.92 Å². The Morgan fingerprint density at radius 1 is 1.50 bits per heavy atom. The topological polar surface area (TPSA) is 49.3 Å². The van der Waals surface area contributed by atoms with E-state index in [0.29, 0.717) is 17.2 Å². The number of halogens is 1. The minimum atomic E-state index is -0.886. The molecule has 16 heavy (non-hydrogen) atoms. The van der Waals surface area contributed by atoms with E-state index in [1.54, 1.807) is 12.1 Å². The summed E-state index contributed by atoms with van der Waals surface area (Å²) >= 11 is 3.35. The van der Waals surface area contributed by atoms with Gasteiger partial charge in [0, 0.05) is 16.7 Å². The highest BCUT2D eigenvalue weighted by atomic mass is 79.9. The zero-order valence-electron chi connectivity index (χ0n) is 8.87. The molecule has 4 heteroatoms. The summed E-state index contributed by atoms with van der Waals surface area (Å²) in [6.07, 6.45) is 3.81. The van der Waals surface area contributed by atoms with E-state index in [4.69, 9.17) is 5.11 Å². The number of nitrogens with one attached hydrogen (secondary N) is 1. The third kappa shape index (κ3) is 2.55. The molecular weight excluding hydrogens is 270 g/mol. The smallest absolute Gasteiger partial charge is 0.337 e. The van der Waals surface area contributed by atoms with Gasteiger partial charge >= 0.3 is 5.97 Å². The second-order valence-corrected chi connectivity index (χ2v) is 5.09. The van der Waals surface area contributed by atoms with Crippen molar-refractivity contribution >= 4 is 27.6 Å². The van der Waals surface area contributed by atoms with E-state index in [0.717, 1.165) is 11.0 Å². The summed E-state index contributed by atoms with van der Waals surface area (Å²) in [7, 11) is 0. The van der Waals surface area contributed by atoms with Gasteiger partial charge in [-0.1, -0.05) is 22.4 Å². The third-order valence-electron chi connectivity index (χ3n) is 3.02. The number of aromatic carboxylic acids is 1. The van der Waals surface area contributed by atoms with Crippen LogP contribution < -0.4 is 5.32 Å². The van der Waals surface area contributed by atoms with Gasteiger partial charge in [-0.2, -0.15) is 0 Å². The van der Waals surface area contributed by atoms with Crippen LogP contribution in [-0.2, 0) is 0 Å². The first-order valence-electron chi connectivity index (χ1n) is 5.43. The van der Waals surface area contributed by atoms with E-state index >= 15 is 0 Å². The van der Waals surface area contributed by atoms with Crippen LogP contribution in [0.2, 0.25) is 0 Å². The molecule has 1 fully saturated rings. The second kappa shape index (κ2) is 4.87. The van der Waals surface area contributed by atoms with Crippen LogP contribution in [-0.4, -0.2) is 17.6 Å². The van der Waals surface area contributed by atoms with Crippen molar-refractivity contribution in [2.24, 2.45) is 5.92 Å². The summed E-state index contributed by atoms with van der Waals surface area (Å²) in [5.41, 5.74) is 1.04. The normalized spacial score (nSPS) is 15.6. The Morgan fingerprint density at radius 3 is 2.81 bits per heavy atom. The molecule has 0 aromatic heterocycles. The van der Waals surface area contributed by atoms with Crippen LogP contribution in [0.15, 0.2) is 22.7 Å². The standard InChI is InChI=1S/C12H14BrNO2/c13-9-4-5-10(12(15)16)11(6-9)14-7-8-2-1-3-8/h4-6,8,14H,1-3,7H2,(H,15,16). The summed E-state index contributed by atoms with van der Waals surface area (Å²) < 4.78 is 0.897. The number of benzene rings is 1. The molecular formula is C12H14BrNO2. The highest BCUT2D eigenvalue weighted by Crippen LogP contribution is 2.28. The number of carboxylic acids is 1. The molecule has 0 heterocycles. The van der Waals surface area contributed by atoms with Crippen molar-refractivity contribution in [2.45, 2.75) is 19.3 Å². The summed E-state index contributed by atoms with van der Waals surface area (Å²) in [5, 5.41) is 12.3. The summed E-state index contributed by atoms with van der Waals surface area (Å²) in [6.45, 7) is 0.872. The largest absolute Gasteiger partial charge is 0.478 e. The maximum absolute atomic E-state index is 11.0. The van der Waals surface area contributed by atoms with Crippen molar-refractivity contribution in [1.82, 2.24) is 0 Å². The molecule has 1 aromatic carbocycles. The fourth-order valence-electron chi connectivity index (χ4n) is 1.80. The lowest BCUT2D eigenvalue weighted by Gasteiger charge is -2.26. The van der Waals surface area contributed by atoms with E-state index < -0.39 is 5.97 Å². The molecule has 0 spiro atoms. The van der Waals surface area contributed by atoms with E-state index in [-0.39, 0.29) is 0 Å². The minimum absolute atomic E-state index is 0.336. The SMILES string of the molecule is O=C(O)c1ccc(Br)cc1NCC1CCC1. The van der Waals surface area contributed by atoms with Gasteiger partial charge in [0.15, 0.2) is 0 Å². The Kier molecular flexibility index (Phi) is 3.49. The zero-order chi connectivity index (χ0) is 11.5. The van der Waals surface area contributed by atoms with Gasteiger partial charge in [-0.15, -0.1) is 0 Å². The van der Waals surface area contributed by atoms with Gasteiger partial charge in [-0.3, -0.25) is 0 Å². The molecule has 2 N–H and O–H groups in total. The number of anilines is 1. The molecule has 1 aliphatic rings. The molecule has 0 saturated heterocycles. The molecule has 1 saturated carbocycles. The van der Waals surface area contributed by atoms with Gasteiger partial charge in [0.25, 0.3) is 0 Å². The maximum Gasteiger partial charge on any atom is 0.337 e. The predicted molar refractivity (Wildman–Crippen MR) is 66.9 cm³/mol. The van der Waals surface area contributed by atoms with Gasteiger partial charge < -0.3 is 10.4 Å². The van der Waals surface area contributed by atoms with Crippen LogP contribution >= 0.6 is 15.9 Å². The quantitative estimate of drug-likeness (QED) is 0.891. The molecule has 0 radical (unpaired) electrons. The van der Waals surface area contributed by atoms with Crippen LogP contribution in [0.1, 0.15) is 29.6 Å². The number of hydrogen-bond acceptors (Lipinski definition) is 2. The average molecular weight is 284 g/mol. The lowest BCUT2D eigenvalue weighted by atomic mass is 9.85. The molecule has 0 atom stereocenters. The monoisotopic (exact) mass is 283 g/mol. The van der Waals surface area contributed by atoms with E-state index in [1.807, 2.05) is 6.07 Å². The fraction of sp³-hybridized carbons (Fsp3) is 0.417. The fourth-order valence-corrected chi connectivity index (χ4v) is 2.16. The maximum atomic E-state index is 11.0. The summed E-state index contributed by atoms with van der Waals surface area (Å²) in [5.74, 6) is -0.177. The lowest BCUT2D eigenvalue weighted by Crippen LogP contribution is -2.21. The van der Waals surface area contributed by atoms with Crippen LogP contribution in [0.5, 0.6) is 0 Å². The number of hydrogen-bond donors (Lipinski definition) is 2. The third-order valence-corrected chi connectivity index (χ3v) is 3.51. The van der Waals surface area contributed by atoms with Crippen molar-refractivity contribution < 1.29 is 9.90 Å². The Labute approximate surface area is 103 Å². The number of carbonyl (C=O) groups is 1. The summed E-state index contributed by atoms with van der Waals surface area (Å²) in [4.78, 5) is 11.0. The molecule has 3 nitrogen and oxygen atoms in total. The predicted octanol–water partition coefficient (Wildman–Crippen LogP) is 3.36. The van der Waals surface area contributed by atoms with Gasteiger partial charge in [-0.05, 0) is 37.0 Å². The van der Waals surface area contributed by atoms with Crippen molar-refractivity contribution in [1.29, 1.82) is 0 Å². The van der Waals surface area contributed by atoms with E-state index in [1.165, 1.54) is 19.3 Å². The number of rotatable bonds is 4. The van der Waals surface area contributed by atoms with Crippen LogP contribution in [0.25, 0.3) is 0 Å². The van der Waals surface area contributed by atoms with E-state index in [9.17, 15) is 4.79 Å². The van der Waals surface area contributed by atoms with Crippen molar-refractivity contribution in [2.75, 3.05) is 11.9 Å². The van der Waals surface area contributed by atoms with Crippen LogP contribution in [0.4, 0.5) is 5.69 Å². The number of carboxylic acid groups (broad SMARTS) is 1. The van der Waals surface area contributed by atoms with Crippen molar-refractivity contribution in [3.05, 3.63) is 28.2 Å². The zero-order valence-corrected chi connectivity index (χ0v) is 10.5. The minimum Gasteiger partial charge on any atom is -0.478 e. The van der Waals surface area contributed by atoms with Gasteiger partial charge in [0.2, 0.25) is 0 Å². The first-order valence-corrected chi connectivity index (χ1v) is 6.23. The van der Waals surface area contributed by atoms with Crippen molar-refractivity contribution in [3.63, 3.8) is 0 Å². The van der Waals surface area contributed by atoms with Gasteiger partial charge in [0.1, 0.15) is 0 Å². The first-order chi connectivity index (χ1) is 7.66. The van der Waals surface area contributed by atoms with Crippen LogP contribution in [0.3, 0.4) is 0 Å². The summed E-state index contributed by atoms with van der Waals surface area (Å²) in [6, 6.07) is 5.19. The van der Waals surface area contributed by atoms with Crippen molar-refractivity contribution in [3.8, 4) is 0 Å². The Balaban J connectivity index is 2.09. The molecule has 2 rings (SSSR count).